The van der Waals surface area contributed by atoms with E-state index in [4.69, 9.17) is 16.9 Å². The van der Waals surface area contributed by atoms with Crippen molar-refractivity contribution in [3.05, 3.63) is 29.8 Å². The fraction of sp³-hybridized carbons (Fsp3) is 0.364. The van der Waals surface area contributed by atoms with Crippen LogP contribution in [0.5, 0.6) is 0 Å². The van der Waals surface area contributed by atoms with Gasteiger partial charge in [-0.15, -0.1) is 0 Å². The van der Waals surface area contributed by atoms with Crippen molar-refractivity contribution in [1.82, 2.24) is 5.32 Å². The lowest BCUT2D eigenvalue weighted by molar-refractivity contribution is 0.219. The van der Waals surface area contributed by atoms with Crippen LogP contribution in [0.25, 0.3) is 0 Å². The number of anilines is 1. The number of nitrogens with one attached hydrogen (secondary N) is 2. The first-order chi connectivity index (χ1) is 7.12. The number of guanidine groups is 1. The smallest absolute Gasteiger partial charge is 0.186 e. The second kappa shape index (κ2) is 3.46. The molecule has 0 heterocycles. The Bertz CT molecular complexity index is 365. The normalized spacial score (nSPS) is 17.9. The second-order valence-corrected chi connectivity index (χ2v) is 4.10. The Balaban J connectivity index is 2.26. The Morgan fingerprint density at radius 3 is 2.27 bits per heavy atom. The van der Waals surface area contributed by atoms with Crippen molar-refractivity contribution in [2.45, 2.75) is 24.8 Å². The number of nitrogens with two attached hydrogens (primary N) is 2. The van der Waals surface area contributed by atoms with Crippen LogP contribution in [0, 0.1) is 5.41 Å². The highest BCUT2D eigenvalue weighted by Crippen LogP contribution is 2.41. The van der Waals surface area contributed by atoms with Gasteiger partial charge in [0.2, 0.25) is 0 Å². The van der Waals surface area contributed by atoms with Crippen LogP contribution in [-0.4, -0.2) is 5.96 Å². The van der Waals surface area contributed by atoms with Gasteiger partial charge in [0.25, 0.3) is 0 Å². The third kappa shape index (κ3) is 1.75. The maximum absolute atomic E-state index is 7.32. The van der Waals surface area contributed by atoms with Gasteiger partial charge in [-0.2, -0.15) is 0 Å². The minimum atomic E-state index is -0.125. The van der Waals surface area contributed by atoms with Gasteiger partial charge in [0.15, 0.2) is 5.96 Å². The van der Waals surface area contributed by atoms with E-state index < -0.39 is 0 Å². The predicted octanol–water partition coefficient (Wildman–Crippen LogP) is 1.13. The maximum atomic E-state index is 7.32. The molecule has 4 nitrogen and oxygen atoms in total. The van der Waals surface area contributed by atoms with Crippen LogP contribution < -0.4 is 16.8 Å². The van der Waals surface area contributed by atoms with Gasteiger partial charge in [-0.3, -0.25) is 5.41 Å². The van der Waals surface area contributed by atoms with Gasteiger partial charge in [-0.1, -0.05) is 12.1 Å². The monoisotopic (exact) mass is 204 g/mol. The first-order valence-electron chi connectivity index (χ1n) is 5.11. The zero-order valence-electron chi connectivity index (χ0n) is 8.59. The quantitative estimate of drug-likeness (QED) is 0.331. The third-order valence-electron chi connectivity index (χ3n) is 3.04. The third-order valence-corrected chi connectivity index (χ3v) is 3.04. The van der Waals surface area contributed by atoms with E-state index in [0.29, 0.717) is 0 Å². The summed E-state index contributed by atoms with van der Waals surface area (Å²) in [4.78, 5) is 0. The van der Waals surface area contributed by atoms with E-state index in [1.54, 1.807) is 0 Å². The number of hydrogen-bond donors (Lipinski definition) is 4. The van der Waals surface area contributed by atoms with E-state index >= 15 is 0 Å². The molecule has 1 aliphatic carbocycles. The molecule has 0 radical (unpaired) electrons. The molecule has 1 aromatic carbocycles. The molecule has 0 aliphatic heterocycles. The van der Waals surface area contributed by atoms with Gasteiger partial charge in [0.05, 0.1) is 5.54 Å². The lowest BCUT2D eigenvalue weighted by Gasteiger charge is -2.43. The SMILES string of the molecule is N=C(N)NC1(c2ccc(N)cc2)CCC1. The Kier molecular flexibility index (Phi) is 2.26. The van der Waals surface area contributed by atoms with E-state index in [9.17, 15) is 0 Å². The van der Waals surface area contributed by atoms with E-state index in [1.165, 1.54) is 6.42 Å². The van der Waals surface area contributed by atoms with Crippen molar-refractivity contribution in [2.24, 2.45) is 5.73 Å². The van der Waals surface area contributed by atoms with Crippen LogP contribution in [0.3, 0.4) is 0 Å². The molecular weight excluding hydrogens is 188 g/mol. The van der Waals surface area contributed by atoms with Crippen molar-refractivity contribution in [2.75, 3.05) is 5.73 Å². The molecule has 1 aliphatic rings. The van der Waals surface area contributed by atoms with Crippen LogP contribution in [-0.2, 0) is 5.54 Å². The summed E-state index contributed by atoms with van der Waals surface area (Å²) < 4.78 is 0. The summed E-state index contributed by atoms with van der Waals surface area (Å²) >= 11 is 0. The van der Waals surface area contributed by atoms with Crippen LogP contribution >= 0.6 is 0 Å². The number of benzene rings is 1. The summed E-state index contributed by atoms with van der Waals surface area (Å²) in [7, 11) is 0. The molecule has 80 valence electrons. The summed E-state index contributed by atoms with van der Waals surface area (Å²) in [5.41, 5.74) is 12.8. The van der Waals surface area contributed by atoms with Crippen molar-refractivity contribution in [3.8, 4) is 0 Å². The van der Waals surface area contributed by atoms with Crippen molar-refractivity contribution < 1.29 is 0 Å². The second-order valence-electron chi connectivity index (χ2n) is 4.10. The van der Waals surface area contributed by atoms with Crippen LogP contribution in [0.2, 0.25) is 0 Å². The summed E-state index contributed by atoms with van der Waals surface area (Å²) in [6.07, 6.45) is 3.22. The number of nitrogen functional groups attached to an aromatic ring is 1. The largest absolute Gasteiger partial charge is 0.399 e. The van der Waals surface area contributed by atoms with Crippen LogP contribution in [0.4, 0.5) is 5.69 Å². The highest BCUT2D eigenvalue weighted by Gasteiger charge is 2.38. The molecule has 0 bridgehead atoms. The number of hydrogen-bond acceptors (Lipinski definition) is 2. The molecule has 6 N–H and O–H groups in total. The molecule has 0 amide bonds. The van der Waals surface area contributed by atoms with E-state index in [-0.39, 0.29) is 11.5 Å². The first-order valence-corrected chi connectivity index (χ1v) is 5.11. The lowest BCUT2D eigenvalue weighted by atomic mass is 9.72. The molecule has 0 saturated heterocycles. The first kappa shape index (κ1) is 9.83. The maximum Gasteiger partial charge on any atom is 0.186 e. The molecule has 1 aromatic rings. The molecule has 0 unspecified atom stereocenters. The molecule has 0 spiro atoms. The zero-order chi connectivity index (χ0) is 10.9. The van der Waals surface area contributed by atoms with Crippen molar-refractivity contribution in [1.29, 1.82) is 5.41 Å². The van der Waals surface area contributed by atoms with Crippen molar-refractivity contribution >= 4 is 11.6 Å². The molecular formula is C11H16N4. The highest BCUT2D eigenvalue weighted by molar-refractivity contribution is 5.75. The average molecular weight is 204 g/mol. The molecule has 15 heavy (non-hydrogen) atoms. The highest BCUT2D eigenvalue weighted by atomic mass is 15.1. The fourth-order valence-corrected chi connectivity index (χ4v) is 2.08. The summed E-state index contributed by atoms with van der Waals surface area (Å²) in [5.74, 6) is 0.0338. The fourth-order valence-electron chi connectivity index (χ4n) is 2.08. The van der Waals surface area contributed by atoms with Gasteiger partial charge >= 0.3 is 0 Å². The zero-order valence-corrected chi connectivity index (χ0v) is 8.59. The van der Waals surface area contributed by atoms with Gasteiger partial charge in [-0.05, 0) is 37.0 Å². The minimum Gasteiger partial charge on any atom is -0.399 e. The molecule has 4 heteroatoms. The Morgan fingerprint density at radius 1 is 1.27 bits per heavy atom. The molecule has 2 rings (SSSR count). The van der Waals surface area contributed by atoms with Gasteiger partial charge in [-0.25, -0.2) is 0 Å². The summed E-state index contributed by atoms with van der Waals surface area (Å²) in [6, 6.07) is 7.78. The van der Waals surface area contributed by atoms with Crippen LogP contribution in [0.15, 0.2) is 24.3 Å². The average Bonchev–Trinajstić information content (AvgIpc) is 2.13. The van der Waals surface area contributed by atoms with E-state index in [2.05, 4.69) is 5.32 Å². The van der Waals surface area contributed by atoms with Crippen LogP contribution in [0.1, 0.15) is 24.8 Å². The predicted molar refractivity (Wildman–Crippen MR) is 61.4 cm³/mol. The van der Waals surface area contributed by atoms with Gasteiger partial charge in [0, 0.05) is 5.69 Å². The molecule has 1 fully saturated rings. The van der Waals surface area contributed by atoms with Crippen molar-refractivity contribution in [3.63, 3.8) is 0 Å². The molecule has 0 aromatic heterocycles. The van der Waals surface area contributed by atoms with E-state index in [0.717, 1.165) is 24.1 Å². The Labute approximate surface area is 89.2 Å². The van der Waals surface area contributed by atoms with Gasteiger partial charge in [0.1, 0.15) is 0 Å². The molecule has 0 atom stereocenters. The summed E-state index contributed by atoms with van der Waals surface area (Å²) in [5, 5.41) is 10.4. The Hall–Kier alpha value is -1.71. The number of rotatable bonds is 2. The van der Waals surface area contributed by atoms with Gasteiger partial charge < -0.3 is 16.8 Å². The topological polar surface area (TPSA) is 87.9 Å². The molecule has 1 saturated carbocycles. The van der Waals surface area contributed by atoms with E-state index in [1.807, 2.05) is 24.3 Å². The summed E-state index contributed by atoms with van der Waals surface area (Å²) in [6.45, 7) is 0. The lowest BCUT2D eigenvalue weighted by Crippen LogP contribution is -2.52. The standard InChI is InChI=1S/C11H16N4/c12-9-4-2-8(3-5-9)11(6-1-7-11)15-10(13)14/h2-5H,1,6-7,12H2,(H4,13,14,15). The minimum absolute atomic E-state index is 0.0338. The Morgan fingerprint density at radius 2 is 1.87 bits per heavy atom.